The third-order valence-corrected chi connectivity index (χ3v) is 6.32. The molecular formula is C24H30N6O2. The first-order valence-corrected chi connectivity index (χ1v) is 11.4. The van der Waals surface area contributed by atoms with E-state index in [9.17, 15) is 5.11 Å². The molecule has 8 nitrogen and oxygen atoms in total. The Balaban J connectivity index is 1.31. The molecule has 2 aromatic heterocycles. The minimum Gasteiger partial charge on any atom is -0.494 e. The van der Waals surface area contributed by atoms with Gasteiger partial charge in [-0.05, 0) is 31.0 Å². The van der Waals surface area contributed by atoms with Gasteiger partial charge in [-0.2, -0.15) is 0 Å². The van der Waals surface area contributed by atoms with Crippen LogP contribution in [0.1, 0.15) is 42.2 Å². The lowest BCUT2D eigenvalue weighted by Crippen LogP contribution is -2.35. The van der Waals surface area contributed by atoms with E-state index in [2.05, 4.69) is 47.7 Å². The predicted octanol–water partition coefficient (Wildman–Crippen LogP) is 2.40. The third kappa shape index (κ3) is 4.39. The van der Waals surface area contributed by atoms with Crippen molar-refractivity contribution in [3.63, 3.8) is 0 Å². The molecular weight excluding hydrogens is 404 g/mol. The summed E-state index contributed by atoms with van der Waals surface area (Å²) in [5.74, 6) is 2.91. The van der Waals surface area contributed by atoms with Crippen LogP contribution in [0, 0.1) is 0 Å². The van der Waals surface area contributed by atoms with Gasteiger partial charge in [0, 0.05) is 50.7 Å². The van der Waals surface area contributed by atoms with Crippen molar-refractivity contribution in [2.75, 3.05) is 19.7 Å². The van der Waals surface area contributed by atoms with Crippen LogP contribution in [0.25, 0.3) is 0 Å². The van der Waals surface area contributed by atoms with Crippen LogP contribution in [0.5, 0.6) is 5.75 Å². The molecule has 2 aliphatic heterocycles. The summed E-state index contributed by atoms with van der Waals surface area (Å²) in [7, 11) is 0. The average Bonchev–Trinajstić information content (AvgIpc) is 3.38. The fraction of sp³-hybridized carbons (Fsp3) is 0.458. The molecule has 0 aliphatic carbocycles. The highest BCUT2D eigenvalue weighted by atomic mass is 16.5. The zero-order chi connectivity index (χ0) is 21.9. The van der Waals surface area contributed by atoms with Crippen molar-refractivity contribution in [1.29, 1.82) is 0 Å². The highest BCUT2D eigenvalue weighted by Crippen LogP contribution is 2.34. The Hall–Kier alpha value is -2.81. The number of hydrogen-bond acceptors (Lipinski definition) is 7. The van der Waals surface area contributed by atoms with Crippen LogP contribution in [0.2, 0.25) is 0 Å². The fourth-order valence-corrected chi connectivity index (χ4v) is 4.83. The minimum absolute atomic E-state index is 0.0664. The average molecular weight is 435 g/mol. The Kier molecular flexibility index (Phi) is 6.16. The summed E-state index contributed by atoms with van der Waals surface area (Å²) in [5, 5.41) is 19.5. The van der Waals surface area contributed by atoms with E-state index in [0.29, 0.717) is 19.6 Å². The van der Waals surface area contributed by atoms with Gasteiger partial charge < -0.3 is 14.4 Å². The smallest absolute Gasteiger partial charge is 0.150 e. The molecule has 0 unspecified atom stereocenters. The number of pyridine rings is 1. The van der Waals surface area contributed by atoms with Gasteiger partial charge in [-0.25, -0.2) is 0 Å². The summed E-state index contributed by atoms with van der Waals surface area (Å²) in [6.45, 7) is 7.42. The van der Waals surface area contributed by atoms with E-state index < -0.39 is 0 Å². The number of β-amino-alcohol motifs (C(OH)–C–C–N with tert-alkyl or cyclic N) is 1. The Morgan fingerprint density at radius 3 is 2.84 bits per heavy atom. The lowest BCUT2D eigenvalue weighted by atomic mass is 10.1. The molecule has 4 heterocycles. The molecule has 8 heteroatoms. The Morgan fingerprint density at radius 1 is 1.09 bits per heavy atom. The number of benzene rings is 1. The number of fused-ring (bicyclic) bond motifs is 1. The molecule has 32 heavy (non-hydrogen) atoms. The van der Waals surface area contributed by atoms with Gasteiger partial charge in [0.1, 0.15) is 11.6 Å². The van der Waals surface area contributed by atoms with Crippen molar-refractivity contribution >= 4 is 0 Å². The van der Waals surface area contributed by atoms with E-state index in [1.54, 1.807) is 6.20 Å². The van der Waals surface area contributed by atoms with E-state index in [4.69, 9.17) is 4.74 Å². The first-order valence-electron chi connectivity index (χ1n) is 11.4. The van der Waals surface area contributed by atoms with Crippen molar-refractivity contribution in [2.45, 2.75) is 51.7 Å². The molecule has 168 valence electrons. The number of rotatable bonds is 7. The van der Waals surface area contributed by atoms with Crippen molar-refractivity contribution < 1.29 is 9.84 Å². The Labute approximate surface area is 188 Å². The van der Waals surface area contributed by atoms with E-state index in [0.717, 1.165) is 55.7 Å². The topological polar surface area (TPSA) is 79.5 Å². The molecule has 1 saturated heterocycles. The summed E-state index contributed by atoms with van der Waals surface area (Å²) in [4.78, 5) is 8.91. The van der Waals surface area contributed by atoms with E-state index in [1.165, 1.54) is 5.56 Å². The van der Waals surface area contributed by atoms with Crippen molar-refractivity contribution in [1.82, 2.24) is 29.5 Å². The molecule has 0 amide bonds. The third-order valence-electron chi connectivity index (χ3n) is 6.32. The summed E-state index contributed by atoms with van der Waals surface area (Å²) < 4.78 is 8.05. The maximum absolute atomic E-state index is 10.4. The van der Waals surface area contributed by atoms with Gasteiger partial charge in [-0.15, -0.1) is 10.2 Å². The van der Waals surface area contributed by atoms with Crippen LogP contribution in [0.4, 0.5) is 0 Å². The molecule has 0 bridgehead atoms. The number of likely N-dealkylation sites (tertiary alicyclic amines) is 1. The number of aliphatic hydroxyl groups excluding tert-OH is 1. The molecule has 1 fully saturated rings. The largest absolute Gasteiger partial charge is 0.494 e. The fourth-order valence-electron chi connectivity index (χ4n) is 4.83. The molecule has 3 aromatic rings. The maximum atomic E-state index is 10.4. The second kappa shape index (κ2) is 9.36. The van der Waals surface area contributed by atoms with Gasteiger partial charge in [-0.1, -0.05) is 24.3 Å². The molecule has 0 radical (unpaired) electrons. The van der Waals surface area contributed by atoms with Gasteiger partial charge in [-0.3, -0.25) is 14.8 Å². The quantitative estimate of drug-likeness (QED) is 0.612. The zero-order valence-corrected chi connectivity index (χ0v) is 18.5. The number of aliphatic hydroxyl groups is 1. The first-order chi connectivity index (χ1) is 15.7. The van der Waals surface area contributed by atoms with Gasteiger partial charge in [0.2, 0.25) is 0 Å². The zero-order valence-electron chi connectivity index (χ0n) is 18.5. The van der Waals surface area contributed by atoms with Crippen LogP contribution in [-0.2, 0) is 26.2 Å². The van der Waals surface area contributed by atoms with Gasteiger partial charge in [0.05, 0.1) is 25.3 Å². The molecule has 1 aromatic carbocycles. The van der Waals surface area contributed by atoms with Crippen LogP contribution < -0.4 is 4.74 Å². The monoisotopic (exact) mass is 434 g/mol. The minimum atomic E-state index is -0.347. The van der Waals surface area contributed by atoms with Gasteiger partial charge >= 0.3 is 0 Å². The lowest BCUT2D eigenvalue weighted by Gasteiger charge is -2.30. The SMILES string of the molecule is CCOc1ccccc1CN1CCn2c(nnc2[C@@H]2C[C@@H](O)CN2Cc2cccnc2)C1. The van der Waals surface area contributed by atoms with Gasteiger partial charge in [0.15, 0.2) is 5.82 Å². The summed E-state index contributed by atoms with van der Waals surface area (Å²) in [6, 6.07) is 12.3. The van der Waals surface area contributed by atoms with E-state index in [-0.39, 0.29) is 12.1 Å². The normalized spacial score (nSPS) is 21.6. The highest BCUT2D eigenvalue weighted by molar-refractivity contribution is 5.33. The number of ether oxygens (including phenoxy) is 1. The van der Waals surface area contributed by atoms with Crippen LogP contribution >= 0.6 is 0 Å². The van der Waals surface area contributed by atoms with Crippen molar-refractivity contribution in [3.8, 4) is 5.75 Å². The highest BCUT2D eigenvalue weighted by Gasteiger charge is 2.36. The predicted molar refractivity (Wildman–Crippen MR) is 120 cm³/mol. The molecule has 5 rings (SSSR count). The summed E-state index contributed by atoms with van der Waals surface area (Å²) in [6.07, 6.45) is 4.01. The standard InChI is InChI=1S/C24H30N6O2/c1-2-32-22-8-4-3-7-19(22)15-28-10-11-30-23(17-28)26-27-24(30)21-12-20(31)16-29(21)14-18-6-5-9-25-13-18/h3-9,13,20-21,31H,2,10-12,14-17H2,1H3/t20-,21+/m1/s1. The molecule has 2 atom stereocenters. The first kappa shape index (κ1) is 21.1. The second-order valence-electron chi connectivity index (χ2n) is 8.57. The van der Waals surface area contributed by atoms with Crippen LogP contribution in [-0.4, -0.2) is 60.5 Å². The number of hydrogen-bond donors (Lipinski definition) is 1. The number of para-hydroxylation sites is 1. The summed E-state index contributed by atoms with van der Waals surface area (Å²) >= 11 is 0. The van der Waals surface area contributed by atoms with Crippen molar-refractivity contribution in [3.05, 3.63) is 71.6 Å². The molecule has 0 spiro atoms. The number of aromatic nitrogens is 4. The van der Waals surface area contributed by atoms with Crippen LogP contribution in [0.3, 0.4) is 0 Å². The lowest BCUT2D eigenvalue weighted by molar-refractivity contribution is 0.171. The van der Waals surface area contributed by atoms with E-state index >= 15 is 0 Å². The Morgan fingerprint density at radius 2 is 2.00 bits per heavy atom. The molecule has 1 N–H and O–H groups in total. The number of nitrogens with zero attached hydrogens (tertiary/aromatic N) is 6. The maximum Gasteiger partial charge on any atom is 0.150 e. The Bertz CT molecular complexity index is 1040. The van der Waals surface area contributed by atoms with Crippen LogP contribution in [0.15, 0.2) is 48.8 Å². The molecule has 2 aliphatic rings. The van der Waals surface area contributed by atoms with E-state index in [1.807, 2.05) is 31.3 Å². The molecule has 0 saturated carbocycles. The van der Waals surface area contributed by atoms with Gasteiger partial charge in [0.25, 0.3) is 0 Å². The van der Waals surface area contributed by atoms with Crippen molar-refractivity contribution in [2.24, 2.45) is 0 Å². The second-order valence-corrected chi connectivity index (χ2v) is 8.57. The summed E-state index contributed by atoms with van der Waals surface area (Å²) in [5.41, 5.74) is 2.34.